The van der Waals surface area contributed by atoms with Crippen molar-refractivity contribution in [3.63, 3.8) is 0 Å². The average Bonchev–Trinajstić information content (AvgIpc) is 3.07. The minimum absolute atomic E-state index is 0.0829. The SMILES string of the molecule is O=C(c1ccc2c(c1)OCO2)N1CCc2n[nH]c(=O)n2CC1. The number of rotatable bonds is 1. The highest BCUT2D eigenvalue weighted by atomic mass is 16.7. The zero-order chi connectivity index (χ0) is 15.1. The lowest BCUT2D eigenvalue weighted by Crippen LogP contribution is -2.34. The van der Waals surface area contributed by atoms with Crippen LogP contribution >= 0.6 is 0 Å². The number of hydrogen-bond donors (Lipinski definition) is 1. The van der Waals surface area contributed by atoms with Gasteiger partial charge in [-0.1, -0.05) is 0 Å². The van der Waals surface area contributed by atoms with Crippen LogP contribution in [0.2, 0.25) is 0 Å². The first kappa shape index (κ1) is 12.9. The molecule has 1 aromatic heterocycles. The fraction of sp³-hybridized carbons (Fsp3) is 0.357. The van der Waals surface area contributed by atoms with E-state index in [1.165, 1.54) is 0 Å². The van der Waals surface area contributed by atoms with E-state index in [0.29, 0.717) is 48.9 Å². The van der Waals surface area contributed by atoms with E-state index in [1.807, 2.05) is 0 Å². The molecule has 2 aliphatic rings. The highest BCUT2D eigenvalue weighted by Gasteiger charge is 2.23. The Kier molecular flexibility index (Phi) is 2.88. The Morgan fingerprint density at radius 2 is 2.05 bits per heavy atom. The van der Waals surface area contributed by atoms with Gasteiger partial charge < -0.3 is 14.4 Å². The van der Waals surface area contributed by atoms with Gasteiger partial charge in [0.1, 0.15) is 5.82 Å². The highest BCUT2D eigenvalue weighted by Crippen LogP contribution is 2.32. The number of hydrogen-bond acceptors (Lipinski definition) is 5. The Hall–Kier alpha value is -2.77. The largest absolute Gasteiger partial charge is 0.454 e. The number of nitrogens with zero attached hydrogens (tertiary/aromatic N) is 3. The van der Waals surface area contributed by atoms with Crippen molar-refractivity contribution < 1.29 is 14.3 Å². The van der Waals surface area contributed by atoms with E-state index in [1.54, 1.807) is 27.7 Å². The fourth-order valence-corrected chi connectivity index (χ4v) is 2.75. The van der Waals surface area contributed by atoms with Crippen LogP contribution in [0.4, 0.5) is 0 Å². The van der Waals surface area contributed by atoms with Gasteiger partial charge in [0.05, 0.1) is 0 Å². The first-order valence-corrected chi connectivity index (χ1v) is 7.05. The van der Waals surface area contributed by atoms with Crippen molar-refractivity contribution in [2.45, 2.75) is 13.0 Å². The van der Waals surface area contributed by atoms with E-state index in [-0.39, 0.29) is 18.4 Å². The van der Waals surface area contributed by atoms with Crippen molar-refractivity contribution in [1.82, 2.24) is 19.7 Å². The second kappa shape index (κ2) is 4.90. The van der Waals surface area contributed by atoms with Crippen LogP contribution < -0.4 is 15.2 Å². The first-order valence-electron chi connectivity index (χ1n) is 7.05. The van der Waals surface area contributed by atoms with Crippen LogP contribution in [0.1, 0.15) is 16.2 Å². The van der Waals surface area contributed by atoms with Gasteiger partial charge in [0.25, 0.3) is 5.91 Å². The number of aromatic amines is 1. The summed E-state index contributed by atoms with van der Waals surface area (Å²) in [7, 11) is 0. The number of aromatic nitrogens is 3. The predicted octanol–water partition coefficient (Wildman–Crippen LogP) is -0.00140. The van der Waals surface area contributed by atoms with E-state index in [4.69, 9.17) is 9.47 Å². The molecule has 0 bridgehead atoms. The molecule has 2 aromatic rings. The van der Waals surface area contributed by atoms with Crippen molar-refractivity contribution >= 4 is 5.91 Å². The Morgan fingerprint density at radius 1 is 1.18 bits per heavy atom. The van der Waals surface area contributed by atoms with Crippen molar-refractivity contribution in [2.24, 2.45) is 0 Å². The molecule has 0 aliphatic carbocycles. The molecule has 0 atom stereocenters. The summed E-state index contributed by atoms with van der Waals surface area (Å²) in [6.45, 7) is 1.62. The fourth-order valence-electron chi connectivity index (χ4n) is 2.75. The Labute approximate surface area is 125 Å². The van der Waals surface area contributed by atoms with Gasteiger partial charge in [-0.25, -0.2) is 9.89 Å². The second-order valence-electron chi connectivity index (χ2n) is 5.21. The lowest BCUT2D eigenvalue weighted by Gasteiger charge is -2.20. The van der Waals surface area contributed by atoms with Crippen LogP contribution in [0.15, 0.2) is 23.0 Å². The number of carbonyl (C=O) groups excluding carboxylic acids is 1. The average molecular weight is 302 g/mol. The van der Waals surface area contributed by atoms with Crippen LogP contribution in [0.5, 0.6) is 11.5 Å². The molecule has 0 unspecified atom stereocenters. The van der Waals surface area contributed by atoms with E-state index in [9.17, 15) is 9.59 Å². The van der Waals surface area contributed by atoms with Gasteiger partial charge in [-0.3, -0.25) is 9.36 Å². The number of fused-ring (bicyclic) bond motifs is 2. The maximum absolute atomic E-state index is 12.6. The van der Waals surface area contributed by atoms with Gasteiger partial charge in [-0.2, -0.15) is 5.10 Å². The first-order chi connectivity index (χ1) is 10.7. The predicted molar refractivity (Wildman–Crippen MR) is 75.0 cm³/mol. The maximum Gasteiger partial charge on any atom is 0.343 e. The lowest BCUT2D eigenvalue weighted by atomic mass is 10.1. The molecular weight excluding hydrogens is 288 g/mol. The minimum Gasteiger partial charge on any atom is -0.454 e. The Bertz CT molecular complexity index is 794. The molecule has 0 saturated carbocycles. The molecule has 1 aromatic carbocycles. The molecule has 8 heteroatoms. The van der Waals surface area contributed by atoms with Gasteiger partial charge in [-0.05, 0) is 18.2 Å². The van der Waals surface area contributed by atoms with Gasteiger partial charge in [0, 0.05) is 31.6 Å². The molecule has 0 fully saturated rings. The summed E-state index contributed by atoms with van der Waals surface area (Å²) < 4.78 is 12.1. The summed E-state index contributed by atoms with van der Waals surface area (Å²) in [5.41, 5.74) is 0.324. The van der Waals surface area contributed by atoms with Crippen molar-refractivity contribution in [1.29, 1.82) is 0 Å². The molecule has 0 saturated heterocycles. The molecule has 1 amide bonds. The van der Waals surface area contributed by atoms with E-state index in [2.05, 4.69) is 10.2 Å². The third kappa shape index (κ3) is 2.03. The molecule has 0 spiro atoms. The van der Waals surface area contributed by atoms with E-state index in [0.717, 1.165) is 0 Å². The number of H-pyrrole nitrogens is 1. The van der Waals surface area contributed by atoms with Gasteiger partial charge in [0.2, 0.25) is 6.79 Å². The number of carbonyl (C=O) groups is 1. The normalized spacial score (nSPS) is 16.3. The Morgan fingerprint density at radius 3 is 2.95 bits per heavy atom. The molecule has 0 radical (unpaired) electrons. The quantitative estimate of drug-likeness (QED) is 0.801. The summed E-state index contributed by atoms with van der Waals surface area (Å²) in [5.74, 6) is 1.84. The van der Waals surface area contributed by atoms with Crippen molar-refractivity contribution in [3.8, 4) is 11.5 Å². The second-order valence-corrected chi connectivity index (χ2v) is 5.21. The number of nitrogens with one attached hydrogen (secondary N) is 1. The van der Waals surface area contributed by atoms with Crippen molar-refractivity contribution in [2.75, 3.05) is 19.9 Å². The summed E-state index contributed by atoms with van der Waals surface area (Å²) >= 11 is 0. The summed E-state index contributed by atoms with van der Waals surface area (Å²) in [4.78, 5) is 26.0. The van der Waals surface area contributed by atoms with Crippen molar-refractivity contribution in [3.05, 3.63) is 40.1 Å². The van der Waals surface area contributed by atoms with Gasteiger partial charge in [-0.15, -0.1) is 0 Å². The summed E-state index contributed by atoms with van der Waals surface area (Å²) in [6.07, 6.45) is 0.551. The molecule has 1 N–H and O–H groups in total. The molecule has 8 nitrogen and oxygen atoms in total. The third-order valence-electron chi connectivity index (χ3n) is 3.94. The molecule has 22 heavy (non-hydrogen) atoms. The zero-order valence-electron chi connectivity index (χ0n) is 11.7. The van der Waals surface area contributed by atoms with E-state index < -0.39 is 0 Å². The van der Waals surface area contributed by atoms with Crippen LogP contribution in [0.3, 0.4) is 0 Å². The molecule has 114 valence electrons. The Balaban J connectivity index is 1.55. The molecular formula is C14H14N4O4. The third-order valence-corrected chi connectivity index (χ3v) is 3.94. The van der Waals surface area contributed by atoms with Gasteiger partial charge >= 0.3 is 5.69 Å². The number of ether oxygens (including phenoxy) is 2. The summed E-state index contributed by atoms with van der Waals surface area (Å²) in [5, 5.41) is 6.42. The number of benzene rings is 1. The van der Waals surface area contributed by atoms with Crippen LogP contribution in [0.25, 0.3) is 0 Å². The van der Waals surface area contributed by atoms with Gasteiger partial charge in [0.15, 0.2) is 11.5 Å². The van der Waals surface area contributed by atoms with E-state index >= 15 is 0 Å². The summed E-state index contributed by atoms with van der Waals surface area (Å²) in [6, 6.07) is 5.16. The zero-order valence-corrected chi connectivity index (χ0v) is 11.7. The smallest absolute Gasteiger partial charge is 0.343 e. The standard InChI is InChI=1S/C14H14N4O4/c19-13(9-1-2-10-11(7-9)22-8-21-10)17-4-3-12-15-16-14(20)18(12)6-5-17/h1-2,7H,3-6,8H2,(H,16,20). The molecule has 3 heterocycles. The molecule has 4 rings (SSSR count). The van der Waals surface area contributed by atoms with Crippen LogP contribution in [-0.2, 0) is 13.0 Å². The minimum atomic E-state index is -0.229. The van der Waals surface area contributed by atoms with Crippen LogP contribution in [-0.4, -0.2) is 45.5 Å². The number of amides is 1. The molecule has 2 aliphatic heterocycles. The lowest BCUT2D eigenvalue weighted by molar-refractivity contribution is 0.0758. The van der Waals surface area contributed by atoms with Crippen LogP contribution in [0, 0.1) is 0 Å². The highest BCUT2D eigenvalue weighted by molar-refractivity contribution is 5.95. The topological polar surface area (TPSA) is 89.5 Å². The monoisotopic (exact) mass is 302 g/mol. The maximum atomic E-state index is 12.6.